The van der Waals surface area contributed by atoms with Crippen LogP contribution in [-0.4, -0.2) is 51.3 Å². The molecule has 1 aromatic rings. The number of nitrogens with one attached hydrogen (secondary N) is 1. The second-order valence-electron chi connectivity index (χ2n) is 4.71. The van der Waals surface area contributed by atoms with Gasteiger partial charge in [-0.15, -0.1) is 10.2 Å². The molecular formula is C11H22N6. The maximum absolute atomic E-state index is 4.26. The second kappa shape index (κ2) is 6.07. The molecule has 0 aliphatic carbocycles. The lowest BCUT2D eigenvalue weighted by molar-refractivity contribution is 0.129. The number of hydrogen-bond donors (Lipinski definition) is 1. The topological polar surface area (TPSA) is 58.9 Å². The number of piperidine rings is 1. The first kappa shape index (κ1) is 12.4. The number of aryl methyl sites for hydroxylation is 1. The predicted molar refractivity (Wildman–Crippen MR) is 65.4 cm³/mol. The third-order valence-electron chi connectivity index (χ3n) is 3.37. The van der Waals surface area contributed by atoms with Crippen molar-refractivity contribution in [3.8, 4) is 0 Å². The van der Waals surface area contributed by atoms with Gasteiger partial charge in [0.05, 0.1) is 13.6 Å². The molecule has 1 unspecified atom stereocenters. The van der Waals surface area contributed by atoms with Crippen LogP contribution in [0.15, 0.2) is 0 Å². The fourth-order valence-electron chi connectivity index (χ4n) is 2.47. The molecule has 0 radical (unpaired) electrons. The average molecular weight is 238 g/mol. The maximum atomic E-state index is 4.26. The van der Waals surface area contributed by atoms with Crippen LogP contribution in [0.1, 0.15) is 31.5 Å². The van der Waals surface area contributed by atoms with E-state index >= 15 is 0 Å². The van der Waals surface area contributed by atoms with Gasteiger partial charge in [-0.05, 0) is 44.6 Å². The van der Waals surface area contributed by atoms with Gasteiger partial charge in [0.1, 0.15) is 0 Å². The van der Waals surface area contributed by atoms with Crippen LogP contribution in [0.4, 0.5) is 0 Å². The SMILES string of the molecule is CNCCC1CCCCN1Cc1nnn(C)n1. The molecule has 2 rings (SSSR count). The van der Waals surface area contributed by atoms with Gasteiger partial charge >= 0.3 is 0 Å². The van der Waals surface area contributed by atoms with E-state index in [1.165, 1.54) is 30.5 Å². The Hall–Kier alpha value is -1.01. The largest absolute Gasteiger partial charge is 0.320 e. The van der Waals surface area contributed by atoms with Crippen LogP contribution in [0.2, 0.25) is 0 Å². The van der Waals surface area contributed by atoms with Crippen molar-refractivity contribution in [3.05, 3.63) is 5.82 Å². The lowest BCUT2D eigenvalue weighted by Crippen LogP contribution is -2.40. The highest BCUT2D eigenvalue weighted by Crippen LogP contribution is 2.20. The van der Waals surface area contributed by atoms with E-state index < -0.39 is 0 Å². The number of aromatic nitrogens is 4. The zero-order valence-electron chi connectivity index (χ0n) is 10.8. The summed E-state index contributed by atoms with van der Waals surface area (Å²) in [6.07, 6.45) is 5.13. The summed E-state index contributed by atoms with van der Waals surface area (Å²) < 4.78 is 0. The van der Waals surface area contributed by atoms with Gasteiger partial charge in [0.25, 0.3) is 0 Å². The smallest absolute Gasteiger partial charge is 0.188 e. The van der Waals surface area contributed by atoms with Crippen LogP contribution in [0.5, 0.6) is 0 Å². The fraction of sp³-hybridized carbons (Fsp3) is 0.909. The highest BCUT2D eigenvalue weighted by atomic mass is 15.6. The van der Waals surface area contributed by atoms with Gasteiger partial charge in [0.2, 0.25) is 0 Å². The predicted octanol–water partition coefficient (Wildman–Crippen LogP) is 0.174. The minimum Gasteiger partial charge on any atom is -0.320 e. The molecular weight excluding hydrogens is 216 g/mol. The van der Waals surface area contributed by atoms with Crippen molar-refractivity contribution >= 4 is 0 Å². The van der Waals surface area contributed by atoms with Gasteiger partial charge < -0.3 is 5.32 Å². The van der Waals surface area contributed by atoms with E-state index in [1.54, 1.807) is 0 Å². The lowest BCUT2D eigenvalue weighted by Gasteiger charge is -2.34. The van der Waals surface area contributed by atoms with E-state index in [0.717, 1.165) is 25.5 Å². The minimum absolute atomic E-state index is 0.667. The van der Waals surface area contributed by atoms with E-state index in [0.29, 0.717) is 6.04 Å². The molecule has 0 spiro atoms. The van der Waals surface area contributed by atoms with Gasteiger partial charge in [0.15, 0.2) is 5.82 Å². The summed E-state index contributed by atoms with van der Waals surface area (Å²) in [6, 6.07) is 0.667. The van der Waals surface area contributed by atoms with E-state index in [1.807, 2.05) is 14.1 Å². The van der Waals surface area contributed by atoms with Crippen LogP contribution in [-0.2, 0) is 13.6 Å². The first-order chi connectivity index (χ1) is 8.29. The van der Waals surface area contributed by atoms with E-state index in [9.17, 15) is 0 Å². The summed E-state index contributed by atoms with van der Waals surface area (Å²) in [5.74, 6) is 0.837. The van der Waals surface area contributed by atoms with Crippen molar-refractivity contribution in [2.75, 3.05) is 20.1 Å². The van der Waals surface area contributed by atoms with Crippen LogP contribution in [0, 0.1) is 0 Å². The molecule has 6 nitrogen and oxygen atoms in total. The Kier molecular flexibility index (Phi) is 4.44. The summed E-state index contributed by atoms with van der Waals surface area (Å²) in [5.41, 5.74) is 0. The lowest BCUT2D eigenvalue weighted by atomic mass is 9.99. The van der Waals surface area contributed by atoms with Crippen molar-refractivity contribution in [2.45, 2.75) is 38.3 Å². The fourth-order valence-corrected chi connectivity index (χ4v) is 2.47. The Morgan fingerprint density at radius 1 is 1.41 bits per heavy atom. The summed E-state index contributed by atoms with van der Waals surface area (Å²) >= 11 is 0. The Morgan fingerprint density at radius 2 is 2.29 bits per heavy atom. The van der Waals surface area contributed by atoms with Gasteiger partial charge in [-0.3, -0.25) is 4.90 Å². The molecule has 2 heterocycles. The monoisotopic (exact) mass is 238 g/mol. The van der Waals surface area contributed by atoms with E-state index in [2.05, 4.69) is 25.6 Å². The molecule has 1 atom stereocenters. The van der Waals surface area contributed by atoms with Crippen molar-refractivity contribution in [1.29, 1.82) is 0 Å². The third kappa shape index (κ3) is 3.47. The number of nitrogens with zero attached hydrogens (tertiary/aromatic N) is 5. The zero-order valence-corrected chi connectivity index (χ0v) is 10.8. The number of likely N-dealkylation sites (tertiary alicyclic amines) is 1. The molecule has 96 valence electrons. The number of rotatable bonds is 5. The van der Waals surface area contributed by atoms with Gasteiger partial charge in [-0.2, -0.15) is 4.80 Å². The van der Waals surface area contributed by atoms with Crippen LogP contribution >= 0.6 is 0 Å². The summed E-state index contributed by atoms with van der Waals surface area (Å²) in [6.45, 7) is 3.07. The molecule has 0 aromatic carbocycles. The molecule has 0 saturated carbocycles. The summed E-state index contributed by atoms with van der Waals surface area (Å²) in [4.78, 5) is 4.03. The molecule has 1 saturated heterocycles. The standard InChI is InChI=1S/C11H22N6/c1-12-7-6-10-5-3-4-8-17(10)9-11-13-15-16(2)14-11/h10,12H,3-9H2,1-2H3. The molecule has 17 heavy (non-hydrogen) atoms. The Morgan fingerprint density at radius 3 is 3.00 bits per heavy atom. The molecule has 6 heteroatoms. The maximum Gasteiger partial charge on any atom is 0.188 e. The number of tetrazole rings is 1. The highest BCUT2D eigenvalue weighted by Gasteiger charge is 2.23. The Labute approximate surface area is 102 Å². The van der Waals surface area contributed by atoms with E-state index in [4.69, 9.17) is 0 Å². The summed E-state index contributed by atoms with van der Waals surface area (Å²) in [5, 5.41) is 15.4. The molecule has 0 bridgehead atoms. The van der Waals surface area contributed by atoms with Crippen molar-refractivity contribution in [1.82, 2.24) is 30.4 Å². The van der Waals surface area contributed by atoms with Crippen LogP contribution < -0.4 is 5.32 Å². The van der Waals surface area contributed by atoms with Crippen molar-refractivity contribution in [3.63, 3.8) is 0 Å². The van der Waals surface area contributed by atoms with Gasteiger partial charge in [-0.1, -0.05) is 6.42 Å². The normalized spacial score (nSPS) is 21.9. The van der Waals surface area contributed by atoms with E-state index in [-0.39, 0.29) is 0 Å². The first-order valence-electron chi connectivity index (χ1n) is 6.41. The molecule has 1 fully saturated rings. The molecule has 1 N–H and O–H groups in total. The molecule has 0 amide bonds. The van der Waals surface area contributed by atoms with Gasteiger partial charge in [-0.25, -0.2) is 0 Å². The highest BCUT2D eigenvalue weighted by molar-refractivity contribution is 4.83. The van der Waals surface area contributed by atoms with Crippen molar-refractivity contribution < 1.29 is 0 Å². The second-order valence-corrected chi connectivity index (χ2v) is 4.71. The van der Waals surface area contributed by atoms with Gasteiger partial charge in [0, 0.05) is 6.04 Å². The summed E-state index contributed by atoms with van der Waals surface area (Å²) in [7, 11) is 3.82. The van der Waals surface area contributed by atoms with Crippen molar-refractivity contribution in [2.24, 2.45) is 7.05 Å². The molecule has 1 aliphatic rings. The molecule has 1 aromatic heterocycles. The minimum atomic E-state index is 0.667. The Bertz CT molecular complexity index is 336. The number of hydrogen-bond acceptors (Lipinski definition) is 5. The first-order valence-corrected chi connectivity index (χ1v) is 6.41. The van der Waals surface area contributed by atoms with Crippen LogP contribution in [0.3, 0.4) is 0 Å². The van der Waals surface area contributed by atoms with Crippen LogP contribution in [0.25, 0.3) is 0 Å². The quantitative estimate of drug-likeness (QED) is 0.792. The average Bonchev–Trinajstić information content (AvgIpc) is 2.74. The zero-order chi connectivity index (χ0) is 12.1. The Balaban J connectivity index is 1.91. The molecule has 1 aliphatic heterocycles. The third-order valence-corrected chi connectivity index (χ3v) is 3.37.